The number of esters is 1. The zero-order chi connectivity index (χ0) is 23.8. The van der Waals surface area contributed by atoms with Gasteiger partial charge in [-0.3, -0.25) is 4.79 Å². The number of halogens is 2. The lowest BCUT2D eigenvalue weighted by Gasteiger charge is -2.20. The molecule has 6 nitrogen and oxygen atoms in total. The summed E-state index contributed by atoms with van der Waals surface area (Å²) >= 11 is 0. The van der Waals surface area contributed by atoms with Gasteiger partial charge in [-0.15, -0.1) is 0 Å². The van der Waals surface area contributed by atoms with Crippen molar-refractivity contribution in [1.82, 2.24) is 5.32 Å². The average Bonchev–Trinajstić information content (AvgIpc) is 2.81. The summed E-state index contributed by atoms with van der Waals surface area (Å²) in [5.74, 6) is -1.34. The fraction of sp³-hybridized carbons (Fsp3) is 0.200. The number of hydrogen-bond donors (Lipinski definition) is 1. The van der Waals surface area contributed by atoms with Crippen LogP contribution in [0.2, 0.25) is 0 Å². The number of methoxy groups -OCH3 is 2. The van der Waals surface area contributed by atoms with Crippen LogP contribution in [-0.4, -0.2) is 32.7 Å². The zero-order valence-electron chi connectivity index (χ0n) is 18.1. The topological polar surface area (TPSA) is 73.9 Å². The number of nitrogens with one attached hydrogen (secondary N) is 1. The van der Waals surface area contributed by atoms with Crippen molar-refractivity contribution in [3.8, 4) is 11.5 Å². The second-order valence-corrected chi connectivity index (χ2v) is 7.15. The van der Waals surface area contributed by atoms with Crippen LogP contribution in [0.1, 0.15) is 27.5 Å². The van der Waals surface area contributed by atoms with Gasteiger partial charge >= 0.3 is 5.97 Å². The molecule has 0 aliphatic carbocycles. The third-order valence-corrected chi connectivity index (χ3v) is 4.88. The summed E-state index contributed by atoms with van der Waals surface area (Å²) in [7, 11) is 2.65. The van der Waals surface area contributed by atoms with Gasteiger partial charge in [0.25, 0.3) is 5.91 Å². The van der Waals surface area contributed by atoms with E-state index in [-0.39, 0.29) is 30.1 Å². The van der Waals surface area contributed by atoms with Gasteiger partial charge in [-0.25, -0.2) is 13.6 Å². The third-order valence-electron chi connectivity index (χ3n) is 4.88. The molecule has 0 fully saturated rings. The Labute approximate surface area is 190 Å². The number of carbonyl (C=O) groups excluding carboxylic acids is 2. The van der Waals surface area contributed by atoms with Crippen molar-refractivity contribution < 1.29 is 32.6 Å². The molecule has 0 spiro atoms. The molecule has 0 heterocycles. The molecule has 3 rings (SSSR count). The first kappa shape index (κ1) is 23.7. The van der Waals surface area contributed by atoms with E-state index in [0.717, 1.165) is 0 Å². The van der Waals surface area contributed by atoms with Crippen molar-refractivity contribution in [3.63, 3.8) is 0 Å². The van der Waals surface area contributed by atoms with Crippen LogP contribution < -0.4 is 14.8 Å². The summed E-state index contributed by atoms with van der Waals surface area (Å²) in [5.41, 5.74) is 1.45. The maximum absolute atomic E-state index is 13.9. The van der Waals surface area contributed by atoms with Gasteiger partial charge in [0.2, 0.25) is 0 Å². The molecule has 3 aromatic carbocycles. The molecular formula is C25H23F2NO5. The molecule has 0 saturated heterocycles. The van der Waals surface area contributed by atoms with Crippen molar-refractivity contribution in [3.05, 3.63) is 95.1 Å². The highest BCUT2D eigenvalue weighted by Gasteiger charge is 2.19. The standard InChI is InChI=1S/C25H23F2NO5/c1-31-23-14-18(9-10-22(23)33-15-24(29)32-2)25(30)28-21(17-6-4-8-20(27)13-17)12-16-5-3-7-19(26)11-16/h3-11,13-14,21H,12,15H2,1-2H3,(H,28,30). The van der Waals surface area contributed by atoms with E-state index >= 15 is 0 Å². The Balaban J connectivity index is 1.83. The number of amides is 1. The van der Waals surface area contributed by atoms with E-state index in [2.05, 4.69) is 10.1 Å². The van der Waals surface area contributed by atoms with Gasteiger partial charge in [-0.1, -0.05) is 24.3 Å². The van der Waals surface area contributed by atoms with Crippen molar-refractivity contribution in [1.29, 1.82) is 0 Å². The van der Waals surface area contributed by atoms with Crippen molar-refractivity contribution in [2.45, 2.75) is 12.5 Å². The van der Waals surface area contributed by atoms with Crippen molar-refractivity contribution in [2.75, 3.05) is 20.8 Å². The maximum atomic E-state index is 13.9. The molecule has 1 amide bonds. The smallest absolute Gasteiger partial charge is 0.343 e. The summed E-state index contributed by atoms with van der Waals surface area (Å²) in [5, 5.41) is 2.88. The second-order valence-electron chi connectivity index (χ2n) is 7.15. The SMILES string of the molecule is COC(=O)COc1ccc(C(=O)NC(Cc2cccc(F)c2)c2cccc(F)c2)cc1OC. The molecular weight excluding hydrogens is 432 g/mol. The molecule has 1 unspecified atom stereocenters. The number of benzene rings is 3. The normalized spacial score (nSPS) is 11.4. The van der Waals surface area contributed by atoms with Gasteiger partial charge in [0.1, 0.15) is 11.6 Å². The zero-order valence-corrected chi connectivity index (χ0v) is 18.1. The highest BCUT2D eigenvalue weighted by atomic mass is 19.1. The first-order chi connectivity index (χ1) is 15.9. The number of ether oxygens (including phenoxy) is 3. The van der Waals surface area contributed by atoms with E-state index in [0.29, 0.717) is 11.1 Å². The molecule has 1 N–H and O–H groups in total. The molecule has 0 bridgehead atoms. The quantitative estimate of drug-likeness (QED) is 0.489. The van der Waals surface area contributed by atoms with E-state index in [1.807, 2.05) is 0 Å². The first-order valence-corrected chi connectivity index (χ1v) is 10.1. The van der Waals surface area contributed by atoms with Crippen LogP contribution in [0.25, 0.3) is 0 Å². The van der Waals surface area contributed by atoms with E-state index in [9.17, 15) is 18.4 Å². The lowest BCUT2D eigenvalue weighted by Crippen LogP contribution is -2.30. The Kier molecular flexibility index (Phi) is 7.96. The van der Waals surface area contributed by atoms with E-state index in [1.165, 1.54) is 56.7 Å². The molecule has 1 atom stereocenters. The highest BCUT2D eigenvalue weighted by Crippen LogP contribution is 2.29. The van der Waals surface area contributed by atoms with Gasteiger partial charge in [-0.2, -0.15) is 0 Å². The summed E-state index contributed by atoms with van der Waals surface area (Å²) in [6, 6.07) is 15.7. The van der Waals surface area contributed by atoms with E-state index < -0.39 is 29.6 Å². The molecule has 0 aromatic heterocycles. The Morgan fingerprint density at radius 3 is 2.30 bits per heavy atom. The van der Waals surface area contributed by atoms with Gasteiger partial charge < -0.3 is 19.5 Å². The summed E-state index contributed by atoms with van der Waals surface area (Å²) < 4.78 is 42.7. The molecule has 0 aliphatic heterocycles. The van der Waals surface area contributed by atoms with Gasteiger partial charge in [0, 0.05) is 5.56 Å². The average molecular weight is 455 g/mol. The van der Waals surface area contributed by atoms with Crippen molar-refractivity contribution >= 4 is 11.9 Å². The summed E-state index contributed by atoms with van der Waals surface area (Å²) in [6.07, 6.45) is 0.254. The lowest BCUT2D eigenvalue weighted by molar-refractivity contribution is -0.142. The molecule has 0 radical (unpaired) electrons. The Morgan fingerprint density at radius 1 is 0.909 bits per heavy atom. The van der Waals surface area contributed by atoms with Crippen molar-refractivity contribution in [2.24, 2.45) is 0 Å². The lowest BCUT2D eigenvalue weighted by atomic mass is 9.98. The van der Waals surface area contributed by atoms with E-state index in [4.69, 9.17) is 9.47 Å². The van der Waals surface area contributed by atoms with Crippen LogP contribution in [0.15, 0.2) is 66.7 Å². The minimum atomic E-state index is -0.615. The van der Waals surface area contributed by atoms with Crippen LogP contribution in [0, 0.1) is 11.6 Å². The Morgan fingerprint density at radius 2 is 1.64 bits per heavy atom. The predicted octanol–water partition coefficient (Wildman–Crippen LogP) is 4.24. The van der Waals surface area contributed by atoms with Gasteiger partial charge in [0.05, 0.1) is 20.3 Å². The third kappa shape index (κ3) is 6.52. The van der Waals surface area contributed by atoms with Crippen LogP contribution >= 0.6 is 0 Å². The monoisotopic (exact) mass is 455 g/mol. The largest absolute Gasteiger partial charge is 0.493 e. The first-order valence-electron chi connectivity index (χ1n) is 10.1. The van der Waals surface area contributed by atoms with Crippen LogP contribution in [0.4, 0.5) is 8.78 Å². The molecule has 8 heteroatoms. The van der Waals surface area contributed by atoms with Crippen LogP contribution in [0.5, 0.6) is 11.5 Å². The number of hydrogen-bond acceptors (Lipinski definition) is 5. The van der Waals surface area contributed by atoms with E-state index in [1.54, 1.807) is 24.3 Å². The molecule has 33 heavy (non-hydrogen) atoms. The predicted molar refractivity (Wildman–Crippen MR) is 117 cm³/mol. The Hall–Kier alpha value is -3.94. The fourth-order valence-corrected chi connectivity index (χ4v) is 3.24. The summed E-state index contributed by atoms with van der Waals surface area (Å²) in [6.45, 7) is -0.312. The van der Waals surface area contributed by atoms with Crippen LogP contribution in [0.3, 0.4) is 0 Å². The minimum Gasteiger partial charge on any atom is -0.493 e. The molecule has 172 valence electrons. The minimum absolute atomic E-state index is 0.249. The van der Waals surface area contributed by atoms with Gasteiger partial charge in [0.15, 0.2) is 18.1 Å². The molecule has 0 aliphatic rings. The fourth-order valence-electron chi connectivity index (χ4n) is 3.24. The second kappa shape index (κ2) is 11.1. The van der Waals surface area contributed by atoms with Gasteiger partial charge in [-0.05, 0) is 60.0 Å². The number of carbonyl (C=O) groups is 2. The molecule has 3 aromatic rings. The van der Waals surface area contributed by atoms with Crippen LogP contribution in [-0.2, 0) is 16.0 Å². The maximum Gasteiger partial charge on any atom is 0.343 e. The highest BCUT2D eigenvalue weighted by molar-refractivity contribution is 5.95. The number of rotatable bonds is 9. The molecule has 0 saturated carbocycles. The Bertz CT molecular complexity index is 1140. The summed E-state index contributed by atoms with van der Waals surface area (Å²) in [4.78, 5) is 24.3.